The van der Waals surface area contributed by atoms with Crippen molar-refractivity contribution in [2.75, 3.05) is 7.05 Å². The fourth-order valence-corrected chi connectivity index (χ4v) is 4.60. The second-order valence-corrected chi connectivity index (χ2v) is 9.19. The molecule has 2 heterocycles. The van der Waals surface area contributed by atoms with E-state index in [1.165, 1.54) is 12.1 Å². The van der Waals surface area contributed by atoms with Crippen LogP contribution in [0.3, 0.4) is 0 Å². The van der Waals surface area contributed by atoms with Gasteiger partial charge in [0.1, 0.15) is 5.84 Å². The zero-order valence-electron chi connectivity index (χ0n) is 18.7. The third kappa shape index (κ3) is 5.01. The zero-order valence-corrected chi connectivity index (χ0v) is 19.5. The SMILES string of the molecule is CN=C1NC(=O)S/C1=C\c1ccc2c(cnn2CCc2ccc(C(C)(F)F)cc2C(C)(F)F)c1. The number of rotatable bonds is 6. The molecular formula is C24H22F4N4OS. The van der Waals surface area contributed by atoms with Crippen molar-refractivity contribution in [3.05, 3.63) is 69.8 Å². The highest BCUT2D eigenvalue weighted by Gasteiger charge is 2.32. The number of amides is 1. The second-order valence-electron chi connectivity index (χ2n) is 8.18. The molecule has 0 spiro atoms. The first-order valence-corrected chi connectivity index (χ1v) is 11.3. The molecule has 1 aliphatic heterocycles. The lowest BCUT2D eigenvalue weighted by molar-refractivity contribution is 0.00993. The van der Waals surface area contributed by atoms with E-state index in [1.807, 2.05) is 24.3 Å². The van der Waals surface area contributed by atoms with Gasteiger partial charge in [-0.3, -0.25) is 14.5 Å². The molecule has 2 aromatic carbocycles. The number of hydrogen-bond acceptors (Lipinski definition) is 4. The number of aromatic nitrogens is 2. The van der Waals surface area contributed by atoms with E-state index in [0.29, 0.717) is 36.7 Å². The highest BCUT2D eigenvalue weighted by atomic mass is 32.2. The number of thioether (sulfide) groups is 1. The smallest absolute Gasteiger partial charge is 0.289 e. The number of aliphatic imine (C=N–C) groups is 1. The normalized spacial score (nSPS) is 17.2. The van der Waals surface area contributed by atoms with Gasteiger partial charge >= 0.3 is 0 Å². The third-order valence-electron chi connectivity index (χ3n) is 5.53. The highest BCUT2D eigenvalue weighted by Crippen LogP contribution is 2.36. The number of nitrogens with zero attached hydrogens (tertiary/aromatic N) is 3. The summed E-state index contributed by atoms with van der Waals surface area (Å²) in [5.41, 5.74) is 1.12. The first kappa shape index (κ1) is 24.0. The number of alkyl halides is 4. The standard InChI is InChI=1S/C24H22F4N4OS/c1-23(25,26)17-6-5-15(18(12-17)24(2,27)28)8-9-32-19-7-4-14(10-16(19)13-30-32)11-20-21(29-3)31-22(33)34-20/h4-7,10-13H,8-9H2,1-3H3,(H,29,31,33)/b20-11-. The van der Waals surface area contributed by atoms with Crippen LogP contribution in [0.4, 0.5) is 22.4 Å². The van der Waals surface area contributed by atoms with Crippen LogP contribution < -0.4 is 5.32 Å². The maximum atomic E-state index is 14.2. The zero-order chi connectivity index (χ0) is 24.7. The monoisotopic (exact) mass is 490 g/mol. The summed E-state index contributed by atoms with van der Waals surface area (Å²) in [5, 5.41) is 7.69. The van der Waals surface area contributed by atoms with Crippen molar-refractivity contribution < 1.29 is 22.4 Å². The molecule has 178 valence electrons. The molecule has 1 N–H and O–H groups in total. The third-order valence-corrected chi connectivity index (χ3v) is 6.34. The maximum Gasteiger partial charge on any atom is 0.289 e. The van der Waals surface area contributed by atoms with Crippen LogP contribution in [0.15, 0.2) is 52.5 Å². The van der Waals surface area contributed by atoms with Gasteiger partial charge in [-0.2, -0.15) is 5.10 Å². The Hall–Kier alpha value is -3.14. The van der Waals surface area contributed by atoms with Crippen LogP contribution in [0.5, 0.6) is 0 Å². The Morgan fingerprint density at radius 2 is 1.88 bits per heavy atom. The van der Waals surface area contributed by atoms with Crippen molar-refractivity contribution in [1.29, 1.82) is 0 Å². The molecule has 1 amide bonds. The van der Waals surface area contributed by atoms with Gasteiger partial charge in [-0.1, -0.05) is 18.2 Å². The molecule has 10 heteroatoms. The Morgan fingerprint density at radius 3 is 2.56 bits per heavy atom. The maximum absolute atomic E-state index is 14.2. The lowest BCUT2D eigenvalue weighted by atomic mass is 9.95. The number of aryl methyl sites for hydroxylation is 2. The number of hydrogen-bond donors (Lipinski definition) is 1. The van der Waals surface area contributed by atoms with Crippen molar-refractivity contribution in [2.24, 2.45) is 4.99 Å². The van der Waals surface area contributed by atoms with Crippen LogP contribution in [0.25, 0.3) is 17.0 Å². The van der Waals surface area contributed by atoms with Gasteiger partial charge in [0.05, 0.1) is 16.6 Å². The number of carbonyl (C=O) groups excluding carboxylic acids is 1. The fraction of sp³-hybridized carbons (Fsp3) is 0.292. The van der Waals surface area contributed by atoms with Crippen LogP contribution in [0.1, 0.15) is 36.1 Å². The second kappa shape index (κ2) is 8.90. The molecule has 0 unspecified atom stereocenters. The van der Waals surface area contributed by atoms with E-state index in [4.69, 9.17) is 0 Å². The number of carbonyl (C=O) groups is 1. The minimum atomic E-state index is -3.25. The number of nitrogens with one attached hydrogen (secondary N) is 1. The molecular weight excluding hydrogens is 468 g/mol. The minimum absolute atomic E-state index is 0.187. The largest absolute Gasteiger partial charge is 0.300 e. The van der Waals surface area contributed by atoms with E-state index in [1.54, 1.807) is 17.9 Å². The summed E-state index contributed by atoms with van der Waals surface area (Å²) in [4.78, 5) is 16.4. The van der Waals surface area contributed by atoms with Gasteiger partial charge in [0.15, 0.2) is 0 Å². The van der Waals surface area contributed by atoms with Crippen LogP contribution in [0, 0.1) is 0 Å². The summed E-state index contributed by atoms with van der Waals surface area (Å²) < 4.78 is 57.4. The lowest BCUT2D eigenvalue weighted by Gasteiger charge is -2.19. The molecule has 0 radical (unpaired) electrons. The van der Waals surface area contributed by atoms with Crippen molar-refractivity contribution in [3.8, 4) is 0 Å². The average Bonchev–Trinajstić information content (AvgIpc) is 3.32. The summed E-state index contributed by atoms with van der Waals surface area (Å²) in [5.74, 6) is -5.94. The molecule has 1 saturated heterocycles. The first-order chi connectivity index (χ1) is 16.0. The molecule has 1 fully saturated rings. The number of amidine groups is 1. The van der Waals surface area contributed by atoms with E-state index in [0.717, 1.165) is 34.3 Å². The molecule has 34 heavy (non-hydrogen) atoms. The van der Waals surface area contributed by atoms with Gasteiger partial charge in [-0.05, 0) is 53.6 Å². The minimum Gasteiger partial charge on any atom is -0.300 e. The quantitative estimate of drug-likeness (QED) is 0.411. The van der Waals surface area contributed by atoms with E-state index >= 15 is 0 Å². The van der Waals surface area contributed by atoms with Crippen LogP contribution in [-0.2, 0) is 24.8 Å². The molecule has 0 bridgehead atoms. The van der Waals surface area contributed by atoms with E-state index in [9.17, 15) is 22.4 Å². The summed E-state index contributed by atoms with van der Waals surface area (Å²) in [6.07, 6.45) is 3.73. The van der Waals surface area contributed by atoms with Crippen molar-refractivity contribution in [1.82, 2.24) is 15.1 Å². The van der Waals surface area contributed by atoms with Crippen LogP contribution in [-0.4, -0.2) is 27.9 Å². The summed E-state index contributed by atoms with van der Waals surface area (Å²) in [6, 6.07) is 9.07. The Bertz CT molecular complexity index is 1320. The Balaban J connectivity index is 1.58. The van der Waals surface area contributed by atoms with Gasteiger partial charge < -0.3 is 5.32 Å². The van der Waals surface area contributed by atoms with Gasteiger partial charge in [-0.25, -0.2) is 17.6 Å². The molecule has 0 aliphatic carbocycles. The Kier molecular flexibility index (Phi) is 6.28. The molecule has 3 aromatic rings. The topological polar surface area (TPSA) is 59.3 Å². The highest BCUT2D eigenvalue weighted by molar-refractivity contribution is 8.18. The van der Waals surface area contributed by atoms with Crippen LogP contribution >= 0.6 is 11.8 Å². The number of benzene rings is 2. The predicted molar refractivity (Wildman–Crippen MR) is 126 cm³/mol. The number of halogens is 4. The number of fused-ring (bicyclic) bond motifs is 1. The predicted octanol–water partition coefficient (Wildman–Crippen LogP) is 6.33. The summed E-state index contributed by atoms with van der Waals surface area (Å²) in [7, 11) is 1.60. The van der Waals surface area contributed by atoms with E-state index in [2.05, 4.69) is 15.4 Å². The summed E-state index contributed by atoms with van der Waals surface area (Å²) >= 11 is 1.07. The van der Waals surface area contributed by atoms with Crippen molar-refractivity contribution >= 4 is 39.8 Å². The fourth-order valence-electron chi connectivity index (χ4n) is 3.82. The molecule has 0 saturated carbocycles. The Labute approximate surface area is 197 Å². The molecule has 4 rings (SSSR count). The first-order valence-electron chi connectivity index (χ1n) is 10.5. The van der Waals surface area contributed by atoms with Crippen molar-refractivity contribution in [3.63, 3.8) is 0 Å². The summed E-state index contributed by atoms with van der Waals surface area (Å²) in [6.45, 7) is 1.70. The van der Waals surface area contributed by atoms with Gasteiger partial charge in [0.25, 0.3) is 17.1 Å². The van der Waals surface area contributed by atoms with Crippen LogP contribution in [0.2, 0.25) is 0 Å². The average molecular weight is 491 g/mol. The van der Waals surface area contributed by atoms with Gasteiger partial charge in [0.2, 0.25) is 0 Å². The van der Waals surface area contributed by atoms with Crippen molar-refractivity contribution in [2.45, 2.75) is 38.7 Å². The van der Waals surface area contributed by atoms with E-state index < -0.39 is 23.0 Å². The van der Waals surface area contributed by atoms with Gasteiger partial charge in [0, 0.05) is 44.0 Å². The molecule has 5 nitrogen and oxygen atoms in total. The van der Waals surface area contributed by atoms with E-state index in [-0.39, 0.29) is 11.7 Å². The molecule has 0 atom stereocenters. The molecule has 1 aliphatic rings. The lowest BCUT2D eigenvalue weighted by Crippen LogP contribution is -2.18. The Morgan fingerprint density at radius 1 is 1.12 bits per heavy atom. The molecule has 1 aromatic heterocycles. The van der Waals surface area contributed by atoms with Gasteiger partial charge in [-0.15, -0.1) is 0 Å².